The first-order valence-electron chi connectivity index (χ1n) is 11.9. The van der Waals surface area contributed by atoms with Crippen LogP contribution in [0.3, 0.4) is 0 Å². The Kier molecular flexibility index (Phi) is 6.47. The largest absolute Gasteiger partial charge is 0.478 e. The number of aromatic carboxylic acids is 1. The summed E-state index contributed by atoms with van der Waals surface area (Å²) in [5, 5.41) is 15.3. The van der Waals surface area contributed by atoms with Crippen molar-refractivity contribution in [1.29, 1.82) is 0 Å². The highest BCUT2D eigenvalue weighted by Crippen LogP contribution is 2.43. The van der Waals surface area contributed by atoms with E-state index in [0.717, 1.165) is 50.8 Å². The third kappa shape index (κ3) is 4.18. The smallest absolute Gasteiger partial charge is 0.336 e. The van der Waals surface area contributed by atoms with Crippen LogP contribution < -0.4 is 10.7 Å². The SMILES string of the molecule is CCN=c1cc2oc3cc(NCC)c(C)cc3c(-c3cc(C(C)C)ccc3C(=O)O)c-2cc1C. The average Bonchev–Trinajstić information content (AvgIpc) is 2.79. The van der Waals surface area contributed by atoms with E-state index < -0.39 is 5.97 Å². The minimum atomic E-state index is -0.942. The van der Waals surface area contributed by atoms with E-state index in [0.29, 0.717) is 23.5 Å². The lowest BCUT2D eigenvalue weighted by Crippen LogP contribution is -2.10. The van der Waals surface area contributed by atoms with Crippen LogP contribution in [0.4, 0.5) is 5.69 Å². The Bertz CT molecular complexity index is 1430. The van der Waals surface area contributed by atoms with Gasteiger partial charge < -0.3 is 14.8 Å². The van der Waals surface area contributed by atoms with Crippen LogP contribution in [0, 0.1) is 13.8 Å². The van der Waals surface area contributed by atoms with Crippen LogP contribution in [0.5, 0.6) is 0 Å². The van der Waals surface area contributed by atoms with Gasteiger partial charge in [-0.1, -0.05) is 19.9 Å². The van der Waals surface area contributed by atoms with Gasteiger partial charge in [0.25, 0.3) is 0 Å². The van der Waals surface area contributed by atoms with Gasteiger partial charge in [0.05, 0.1) is 10.9 Å². The minimum Gasteiger partial charge on any atom is -0.478 e. The summed E-state index contributed by atoms with van der Waals surface area (Å²) in [6, 6.07) is 13.8. The number of carboxylic acids is 1. The lowest BCUT2D eigenvalue weighted by atomic mass is 9.87. The van der Waals surface area contributed by atoms with Crippen molar-refractivity contribution in [3.8, 4) is 22.5 Å². The van der Waals surface area contributed by atoms with E-state index in [4.69, 9.17) is 4.42 Å². The van der Waals surface area contributed by atoms with Gasteiger partial charge in [-0.15, -0.1) is 0 Å². The highest BCUT2D eigenvalue weighted by Gasteiger charge is 2.23. The van der Waals surface area contributed by atoms with E-state index in [1.54, 1.807) is 6.07 Å². The Morgan fingerprint density at radius 2 is 1.79 bits per heavy atom. The Hall–Kier alpha value is -3.60. The van der Waals surface area contributed by atoms with Crippen molar-refractivity contribution in [1.82, 2.24) is 0 Å². The van der Waals surface area contributed by atoms with Gasteiger partial charge in [0, 0.05) is 47.4 Å². The number of rotatable bonds is 6. The molecule has 0 saturated carbocycles. The number of benzene rings is 3. The molecule has 2 aromatic carbocycles. The molecule has 5 heteroatoms. The van der Waals surface area contributed by atoms with Gasteiger partial charge in [0.2, 0.25) is 0 Å². The number of hydrogen-bond acceptors (Lipinski definition) is 4. The van der Waals surface area contributed by atoms with Crippen LogP contribution in [0.2, 0.25) is 0 Å². The van der Waals surface area contributed by atoms with Gasteiger partial charge in [-0.3, -0.25) is 4.99 Å². The molecule has 2 N–H and O–H groups in total. The molecule has 34 heavy (non-hydrogen) atoms. The van der Waals surface area contributed by atoms with Crippen molar-refractivity contribution in [2.75, 3.05) is 18.4 Å². The molecule has 0 saturated heterocycles. The molecule has 2 aromatic rings. The van der Waals surface area contributed by atoms with Gasteiger partial charge >= 0.3 is 5.97 Å². The first-order chi connectivity index (χ1) is 16.2. The molecule has 0 atom stereocenters. The molecular formula is C29H32N2O3. The summed E-state index contributed by atoms with van der Waals surface area (Å²) in [7, 11) is 0. The molecule has 1 aliphatic carbocycles. The maximum atomic E-state index is 12.3. The topological polar surface area (TPSA) is 74.8 Å². The lowest BCUT2D eigenvalue weighted by molar-refractivity contribution is 0.0697. The fraction of sp³-hybridized carbons (Fsp3) is 0.310. The molecular weight excluding hydrogens is 424 g/mol. The molecule has 0 spiro atoms. The highest BCUT2D eigenvalue weighted by molar-refractivity contribution is 6.08. The van der Waals surface area contributed by atoms with Gasteiger partial charge in [0.1, 0.15) is 11.3 Å². The quantitative estimate of drug-likeness (QED) is 0.306. The molecule has 1 heterocycles. The second-order valence-electron chi connectivity index (χ2n) is 9.04. The van der Waals surface area contributed by atoms with E-state index in [-0.39, 0.29) is 11.5 Å². The second-order valence-corrected chi connectivity index (χ2v) is 9.04. The molecule has 4 rings (SSSR count). The van der Waals surface area contributed by atoms with Crippen molar-refractivity contribution in [2.24, 2.45) is 4.99 Å². The number of fused-ring (bicyclic) bond motifs is 2. The second kappa shape index (κ2) is 9.34. The molecule has 1 aliphatic heterocycles. The molecule has 0 aromatic heterocycles. The zero-order valence-corrected chi connectivity index (χ0v) is 20.7. The molecule has 176 valence electrons. The number of anilines is 1. The maximum Gasteiger partial charge on any atom is 0.336 e. The summed E-state index contributed by atoms with van der Waals surface area (Å²) in [6.45, 7) is 13.9. The average molecular weight is 457 g/mol. The van der Waals surface area contributed by atoms with E-state index >= 15 is 0 Å². The predicted molar refractivity (Wildman–Crippen MR) is 139 cm³/mol. The van der Waals surface area contributed by atoms with Crippen LogP contribution in [-0.2, 0) is 0 Å². The van der Waals surface area contributed by atoms with Gasteiger partial charge in [-0.25, -0.2) is 4.79 Å². The fourth-order valence-electron chi connectivity index (χ4n) is 4.51. The molecule has 0 amide bonds. The molecule has 2 aliphatic rings. The lowest BCUT2D eigenvalue weighted by Gasteiger charge is -2.20. The summed E-state index contributed by atoms with van der Waals surface area (Å²) < 4.78 is 6.42. The van der Waals surface area contributed by atoms with Crippen molar-refractivity contribution in [3.63, 3.8) is 0 Å². The van der Waals surface area contributed by atoms with E-state index in [2.05, 4.69) is 50.1 Å². The first kappa shape index (κ1) is 23.6. The zero-order valence-electron chi connectivity index (χ0n) is 20.7. The van der Waals surface area contributed by atoms with Crippen LogP contribution in [0.25, 0.3) is 33.4 Å². The number of hydrogen-bond donors (Lipinski definition) is 2. The van der Waals surface area contributed by atoms with Gasteiger partial charge in [0.15, 0.2) is 0 Å². The molecule has 5 nitrogen and oxygen atoms in total. The fourth-order valence-corrected chi connectivity index (χ4v) is 4.51. The van der Waals surface area contributed by atoms with Crippen molar-refractivity contribution < 1.29 is 14.3 Å². The van der Waals surface area contributed by atoms with E-state index in [9.17, 15) is 9.90 Å². The number of aryl methyl sites for hydroxylation is 2. The molecule has 0 radical (unpaired) electrons. The number of nitrogens with one attached hydrogen (secondary N) is 1. The minimum absolute atomic E-state index is 0.270. The van der Waals surface area contributed by atoms with Gasteiger partial charge in [-0.2, -0.15) is 0 Å². The summed E-state index contributed by atoms with van der Waals surface area (Å²) in [5.41, 5.74) is 7.68. The maximum absolute atomic E-state index is 12.3. The van der Waals surface area contributed by atoms with Crippen LogP contribution in [0.1, 0.15) is 60.7 Å². The summed E-state index contributed by atoms with van der Waals surface area (Å²) in [6.07, 6.45) is 0. The third-order valence-corrected chi connectivity index (χ3v) is 6.29. The standard InChI is InChI=1S/C29H32N2O3/c1-7-30-24-14-26-22(11-17(24)5)28(21-13-19(16(3)4)9-10-20(21)29(32)33)23-12-18(6)25(31-8-2)15-27(23)34-26/h9-16,30H,7-8H2,1-6H3,(H,32,33). The number of carboxylic acid groups (broad SMARTS) is 1. The van der Waals surface area contributed by atoms with E-state index in [1.165, 1.54) is 0 Å². The molecule has 0 unspecified atom stereocenters. The molecule has 0 fully saturated rings. The Balaban J connectivity index is 2.22. The van der Waals surface area contributed by atoms with Crippen molar-refractivity contribution >= 4 is 22.6 Å². The summed E-state index contributed by atoms with van der Waals surface area (Å²) >= 11 is 0. The van der Waals surface area contributed by atoms with Crippen molar-refractivity contribution in [2.45, 2.75) is 47.5 Å². The Morgan fingerprint density at radius 3 is 2.44 bits per heavy atom. The van der Waals surface area contributed by atoms with Gasteiger partial charge in [-0.05, 0) is 80.1 Å². The Morgan fingerprint density at radius 1 is 1.03 bits per heavy atom. The van der Waals surface area contributed by atoms with Crippen LogP contribution in [0.15, 0.2) is 51.9 Å². The van der Waals surface area contributed by atoms with Crippen LogP contribution >= 0.6 is 0 Å². The third-order valence-electron chi connectivity index (χ3n) is 6.29. The highest BCUT2D eigenvalue weighted by atomic mass is 16.4. The van der Waals surface area contributed by atoms with Crippen molar-refractivity contribution in [3.05, 3.63) is 70.1 Å². The molecule has 0 bridgehead atoms. The predicted octanol–water partition coefficient (Wildman–Crippen LogP) is 7.00. The summed E-state index contributed by atoms with van der Waals surface area (Å²) in [5.74, 6) is 0.0203. The normalized spacial score (nSPS) is 12.1. The van der Waals surface area contributed by atoms with Crippen LogP contribution in [-0.4, -0.2) is 24.2 Å². The number of nitrogens with zero attached hydrogens (tertiary/aromatic N) is 1. The summed E-state index contributed by atoms with van der Waals surface area (Å²) in [4.78, 5) is 16.9. The zero-order chi connectivity index (χ0) is 24.6. The monoisotopic (exact) mass is 456 g/mol. The number of carbonyl (C=O) groups is 1. The van der Waals surface area contributed by atoms with E-state index in [1.807, 2.05) is 38.1 Å². The first-order valence-corrected chi connectivity index (χ1v) is 11.9. The Labute approximate surface area is 200 Å².